The fourth-order valence-corrected chi connectivity index (χ4v) is 4.28. The zero-order valence-corrected chi connectivity index (χ0v) is 13.5. The Labute approximate surface area is 132 Å². The minimum Gasteiger partial charge on any atom is -0.493 e. The zero-order valence-electron chi connectivity index (χ0n) is 12.8. The molecule has 0 radical (unpaired) electrons. The van der Waals surface area contributed by atoms with E-state index in [0.717, 1.165) is 49.0 Å². The standard InChI is InChI=1S/C18H25ClO2/c1-2-3-12-4-5-17(20)14(8-12)9-15-11-16(19)10-13-6-7-21-18(13)15/h10-12,14,17,20H,2-9H2,1H3. The molecule has 1 saturated carbocycles. The Morgan fingerprint density at radius 1 is 1.33 bits per heavy atom. The summed E-state index contributed by atoms with van der Waals surface area (Å²) in [5, 5.41) is 11.2. The van der Waals surface area contributed by atoms with Crippen LogP contribution in [0.4, 0.5) is 0 Å². The number of aliphatic hydroxyl groups is 1. The van der Waals surface area contributed by atoms with Gasteiger partial charge in [-0.3, -0.25) is 0 Å². The molecule has 1 aliphatic heterocycles. The highest BCUT2D eigenvalue weighted by Crippen LogP contribution is 2.39. The molecule has 3 heteroatoms. The lowest BCUT2D eigenvalue weighted by Gasteiger charge is -2.33. The van der Waals surface area contributed by atoms with Gasteiger partial charge in [-0.2, -0.15) is 0 Å². The fourth-order valence-electron chi connectivity index (χ4n) is 4.02. The van der Waals surface area contributed by atoms with Crippen molar-refractivity contribution in [2.75, 3.05) is 6.61 Å². The average molecular weight is 309 g/mol. The topological polar surface area (TPSA) is 29.5 Å². The van der Waals surface area contributed by atoms with Gasteiger partial charge in [-0.15, -0.1) is 0 Å². The van der Waals surface area contributed by atoms with Crippen molar-refractivity contribution < 1.29 is 9.84 Å². The first-order valence-electron chi connectivity index (χ1n) is 8.29. The molecule has 1 fully saturated rings. The van der Waals surface area contributed by atoms with Crippen LogP contribution in [0, 0.1) is 11.8 Å². The SMILES string of the molecule is CCCC1CCC(O)C(Cc2cc(Cl)cc3c2OCC3)C1. The minimum absolute atomic E-state index is 0.172. The lowest BCUT2D eigenvalue weighted by atomic mass is 9.75. The summed E-state index contributed by atoms with van der Waals surface area (Å²) in [5.41, 5.74) is 2.42. The molecule has 2 aliphatic rings. The molecular formula is C18H25ClO2. The minimum atomic E-state index is -0.172. The molecule has 1 aliphatic carbocycles. The molecule has 1 aromatic rings. The van der Waals surface area contributed by atoms with E-state index in [1.165, 1.54) is 30.4 Å². The molecule has 21 heavy (non-hydrogen) atoms. The van der Waals surface area contributed by atoms with Gasteiger partial charge >= 0.3 is 0 Å². The van der Waals surface area contributed by atoms with Gasteiger partial charge in [-0.25, -0.2) is 0 Å². The molecule has 0 bridgehead atoms. The van der Waals surface area contributed by atoms with Crippen LogP contribution in [0.1, 0.15) is 50.2 Å². The summed E-state index contributed by atoms with van der Waals surface area (Å²) in [5.74, 6) is 2.16. The monoisotopic (exact) mass is 308 g/mol. The number of hydrogen-bond acceptors (Lipinski definition) is 2. The molecule has 3 atom stereocenters. The maximum absolute atomic E-state index is 10.4. The molecule has 1 heterocycles. The summed E-state index contributed by atoms with van der Waals surface area (Å²) >= 11 is 6.24. The molecule has 2 nitrogen and oxygen atoms in total. The lowest BCUT2D eigenvalue weighted by Crippen LogP contribution is -2.30. The average Bonchev–Trinajstić information content (AvgIpc) is 2.91. The second kappa shape index (κ2) is 6.58. The van der Waals surface area contributed by atoms with Crippen molar-refractivity contribution in [3.8, 4) is 5.75 Å². The van der Waals surface area contributed by atoms with Gasteiger partial charge in [0.1, 0.15) is 5.75 Å². The molecule has 1 aromatic carbocycles. The molecule has 0 spiro atoms. The van der Waals surface area contributed by atoms with Crippen LogP contribution < -0.4 is 4.74 Å². The van der Waals surface area contributed by atoms with Gasteiger partial charge < -0.3 is 9.84 Å². The summed E-state index contributed by atoms with van der Waals surface area (Å²) in [6.45, 7) is 3.01. The second-order valence-electron chi connectivity index (χ2n) is 6.65. The molecule has 3 unspecified atom stereocenters. The second-order valence-corrected chi connectivity index (χ2v) is 7.09. The van der Waals surface area contributed by atoms with Crippen LogP contribution in [0.3, 0.4) is 0 Å². The van der Waals surface area contributed by atoms with E-state index in [-0.39, 0.29) is 6.10 Å². The van der Waals surface area contributed by atoms with E-state index in [4.69, 9.17) is 16.3 Å². The Morgan fingerprint density at radius 3 is 3.00 bits per heavy atom. The smallest absolute Gasteiger partial charge is 0.125 e. The summed E-state index contributed by atoms with van der Waals surface area (Å²) in [6.07, 6.45) is 7.45. The van der Waals surface area contributed by atoms with Crippen LogP contribution in [0.2, 0.25) is 5.02 Å². The Kier molecular flexibility index (Phi) is 4.75. The molecule has 3 rings (SSSR count). The molecule has 0 saturated heterocycles. The van der Waals surface area contributed by atoms with Gasteiger partial charge in [0.25, 0.3) is 0 Å². The lowest BCUT2D eigenvalue weighted by molar-refractivity contribution is 0.0460. The van der Waals surface area contributed by atoms with E-state index >= 15 is 0 Å². The number of ether oxygens (including phenoxy) is 1. The van der Waals surface area contributed by atoms with Crippen molar-refractivity contribution in [2.45, 2.75) is 58.0 Å². The Balaban J connectivity index is 1.76. The van der Waals surface area contributed by atoms with Crippen LogP contribution >= 0.6 is 11.6 Å². The van der Waals surface area contributed by atoms with E-state index in [9.17, 15) is 5.11 Å². The summed E-state index contributed by atoms with van der Waals surface area (Å²) in [7, 11) is 0. The van der Waals surface area contributed by atoms with E-state index < -0.39 is 0 Å². The summed E-state index contributed by atoms with van der Waals surface area (Å²) in [6, 6.07) is 4.05. The Morgan fingerprint density at radius 2 is 2.19 bits per heavy atom. The van der Waals surface area contributed by atoms with E-state index in [1.54, 1.807) is 0 Å². The van der Waals surface area contributed by atoms with Crippen LogP contribution in [0.5, 0.6) is 5.75 Å². The number of aliphatic hydroxyl groups excluding tert-OH is 1. The van der Waals surface area contributed by atoms with Crippen LogP contribution in [-0.4, -0.2) is 17.8 Å². The third-order valence-corrected chi connectivity index (χ3v) is 5.27. The van der Waals surface area contributed by atoms with Gasteiger partial charge in [0.05, 0.1) is 12.7 Å². The van der Waals surface area contributed by atoms with Crippen molar-refractivity contribution >= 4 is 11.6 Å². The highest BCUT2D eigenvalue weighted by Gasteiger charge is 2.30. The zero-order chi connectivity index (χ0) is 14.8. The van der Waals surface area contributed by atoms with Gasteiger partial charge in [-0.05, 0) is 60.8 Å². The van der Waals surface area contributed by atoms with Crippen molar-refractivity contribution in [1.82, 2.24) is 0 Å². The predicted octanol–water partition coefficient (Wildman–Crippen LogP) is 4.39. The molecular weight excluding hydrogens is 284 g/mol. The van der Waals surface area contributed by atoms with Crippen LogP contribution in [0.15, 0.2) is 12.1 Å². The summed E-state index contributed by atoms with van der Waals surface area (Å²) in [4.78, 5) is 0. The number of halogens is 1. The van der Waals surface area contributed by atoms with Gasteiger partial charge in [-0.1, -0.05) is 31.4 Å². The first-order chi connectivity index (χ1) is 10.2. The highest BCUT2D eigenvalue weighted by atomic mass is 35.5. The molecule has 1 N–H and O–H groups in total. The molecule has 0 amide bonds. The fraction of sp³-hybridized carbons (Fsp3) is 0.667. The number of rotatable bonds is 4. The number of hydrogen-bond donors (Lipinski definition) is 1. The summed E-state index contributed by atoms with van der Waals surface area (Å²) < 4.78 is 5.80. The Bertz CT molecular complexity index is 500. The highest BCUT2D eigenvalue weighted by molar-refractivity contribution is 6.30. The number of fused-ring (bicyclic) bond motifs is 1. The van der Waals surface area contributed by atoms with Crippen molar-refractivity contribution in [1.29, 1.82) is 0 Å². The molecule has 0 aromatic heterocycles. The van der Waals surface area contributed by atoms with E-state index in [0.29, 0.717) is 5.92 Å². The van der Waals surface area contributed by atoms with Gasteiger partial charge in [0, 0.05) is 11.4 Å². The van der Waals surface area contributed by atoms with Crippen molar-refractivity contribution in [3.05, 3.63) is 28.3 Å². The largest absolute Gasteiger partial charge is 0.493 e. The van der Waals surface area contributed by atoms with Gasteiger partial charge in [0.2, 0.25) is 0 Å². The normalized spacial score (nSPS) is 28.2. The van der Waals surface area contributed by atoms with Crippen LogP contribution in [-0.2, 0) is 12.8 Å². The van der Waals surface area contributed by atoms with Crippen molar-refractivity contribution in [3.63, 3.8) is 0 Å². The predicted molar refractivity (Wildman–Crippen MR) is 86.1 cm³/mol. The molecule has 116 valence electrons. The van der Waals surface area contributed by atoms with Gasteiger partial charge in [0.15, 0.2) is 0 Å². The van der Waals surface area contributed by atoms with Crippen molar-refractivity contribution in [2.24, 2.45) is 11.8 Å². The van der Waals surface area contributed by atoms with E-state index in [1.807, 2.05) is 12.1 Å². The Hall–Kier alpha value is -0.730. The number of benzene rings is 1. The third-order valence-electron chi connectivity index (χ3n) is 5.06. The maximum atomic E-state index is 10.4. The van der Waals surface area contributed by atoms with Crippen LogP contribution in [0.25, 0.3) is 0 Å². The first-order valence-corrected chi connectivity index (χ1v) is 8.67. The first kappa shape index (κ1) is 15.2. The van der Waals surface area contributed by atoms with E-state index in [2.05, 4.69) is 6.92 Å². The quantitative estimate of drug-likeness (QED) is 0.893. The third kappa shape index (κ3) is 3.37. The maximum Gasteiger partial charge on any atom is 0.125 e.